The molecule has 63 heavy (non-hydrogen) atoms. The molecular weight excluding hydrogens is 763 g/mol. The zero-order chi connectivity index (χ0) is 43.4. The maximum Gasteiger partial charge on any atom is 0.297 e. The van der Waals surface area contributed by atoms with E-state index in [0.29, 0.717) is 0 Å². The van der Waals surface area contributed by atoms with E-state index in [4.69, 9.17) is 4.42 Å². The van der Waals surface area contributed by atoms with E-state index in [0.717, 1.165) is 36.9 Å². The lowest BCUT2D eigenvalue weighted by Gasteiger charge is -2.46. The van der Waals surface area contributed by atoms with Crippen molar-refractivity contribution >= 4 is 79.2 Å². The normalized spacial score (nSPS) is 18.4. The molecule has 0 radical (unpaired) electrons. The third-order valence-electron chi connectivity index (χ3n) is 16.0. The lowest BCUT2D eigenvalue weighted by molar-refractivity contribution is 0.332. The second-order valence-corrected chi connectivity index (χ2v) is 21.9. The van der Waals surface area contributed by atoms with Crippen molar-refractivity contribution in [2.45, 2.75) is 110 Å². The maximum atomic E-state index is 7.63. The van der Waals surface area contributed by atoms with Gasteiger partial charge in [-0.15, -0.1) is 0 Å². The largest absolute Gasteiger partial charge is 0.468 e. The molecule has 8 aromatic rings. The summed E-state index contributed by atoms with van der Waals surface area (Å²) in [6, 6.07) is 50.7. The highest BCUT2D eigenvalue weighted by atomic mass is 16.3. The number of para-hydroxylation sites is 1. The molecule has 2 aliphatic heterocycles. The van der Waals surface area contributed by atoms with Gasteiger partial charge in [0.25, 0.3) is 6.71 Å². The smallest absolute Gasteiger partial charge is 0.297 e. The molecule has 0 atom stereocenters. The van der Waals surface area contributed by atoms with Gasteiger partial charge in [-0.3, -0.25) is 0 Å². The molecule has 0 spiro atoms. The van der Waals surface area contributed by atoms with Crippen LogP contribution in [-0.4, -0.2) is 6.71 Å². The maximum absolute atomic E-state index is 7.63. The molecule has 1 aromatic heterocycles. The minimum absolute atomic E-state index is 0.0411. The molecule has 0 saturated carbocycles. The lowest BCUT2D eigenvalue weighted by Crippen LogP contribution is -2.61. The molecule has 0 bridgehead atoms. The molecule has 0 N–H and O–H groups in total. The first-order chi connectivity index (χ1) is 30.1. The van der Waals surface area contributed by atoms with Crippen LogP contribution >= 0.6 is 0 Å². The van der Waals surface area contributed by atoms with Crippen molar-refractivity contribution in [3.8, 4) is 11.1 Å². The van der Waals surface area contributed by atoms with E-state index in [9.17, 15) is 0 Å². The van der Waals surface area contributed by atoms with Gasteiger partial charge < -0.3 is 14.2 Å². The predicted octanol–water partition coefficient (Wildman–Crippen LogP) is 14.3. The Labute approximate surface area is 373 Å². The van der Waals surface area contributed by atoms with Crippen LogP contribution in [0.2, 0.25) is 0 Å². The standard InChI is InChI=1S/C59H57BN2O/c1-36-30-50-53-51(31-36)62(48-25-24-39(37-18-12-10-13-19-37)40-22-16-17-23-41(40)48)54-42-32-43-46(59(8,9)29-26-56(43,2)3)35-52(42)63-55(54)60(53)47-33-44-45(58(6,7)28-27-57(44,4)5)34-49(47)61(50)38-20-14-11-15-21-38/h10-25,30-35H,26-29H2,1-9H3. The van der Waals surface area contributed by atoms with E-state index in [1.165, 1.54) is 100 Å². The number of benzene rings is 7. The highest BCUT2D eigenvalue weighted by molar-refractivity contribution is 7.00. The van der Waals surface area contributed by atoms with Gasteiger partial charge in [0.05, 0.1) is 17.0 Å². The zero-order valence-electron chi connectivity index (χ0n) is 38.4. The molecule has 3 heterocycles. The van der Waals surface area contributed by atoms with Gasteiger partial charge in [0.2, 0.25) is 0 Å². The van der Waals surface area contributed by atoms with Crippen molar-refractivity contribution in [1.29, 1.82) is 0 Å². The first-order valence-corrected chi connectivity index (χ1v) is 23.3. The fraction of sp³-hybridized carbons (Fsp3) is 0.288. The Hall–Kier alpha value is -6.00. The number of hydrogen-bond donors (Lipinski definition) is 0. The fourth-order valence-corrected chi connectivity index (χ4v) is 12.2. The summed E-state index contributed by atoms with van der Waals surface area (Å²) >= 11 is 0. The summed E-state index contributed by atoms with van der Waals surface area (Å²) in [7, 11) is 0. The second-order valence-electron chi connectivity index (χ2n) is 21.9. The van der Waals surface area contributed by atoms with Crippen LogP contribution in [-0.2, 0) is 21.7 Å². The molecule has 3 nitrogen and oxygen atoms in total. The molecule has 4 heteroatoms. The van der Waals surface area contributed by atoms with Crippen molar-refractivity contribution in [1.82, 2.24) is 0 Å². The average Bonchev–Trinajstić information content (AvgIpc) is 3.64. The third kappa shape index (κ3) is 5.52. The van der Waals surface area contributed by atoms with Gasteiger partial charge in [-0.25, -0.2) is 0 Å². The van der Waals surface area contributed by atoms with Gasteiger partial charge in [0, 0.05) is 33.5 Å². The van der Waals surface area contributed by atoms with E-state index in [2.05, 4.69) is 206 Å². The molecule has 0 saturated heterocycles. The molecule has 0 unspecified atom stereocenters. The SMILES string of the molecule is Cc1cc2c3c(c1)N(c1ccc(-c4ccccc4)c4ccccc14)c1c(oc4cc5c(cc14)C(C)(C)CCC5(C)C)B3c1cc3c(cc1N2c1ccccc1)C(C)(C)CCC3(C)C. The number of fused-ring (bicyclic) bond motifs is 9. The Balaban J connectivity index is 1.23. The summed E-state index contributed by atoms with van der Waals surface area (Å²) in [5.74, 6) is 0. The highest BCUT2D eigenvalue weighted by Gasteiger charge is 2.50. The van der Waals surface area contributed by atoms with Crippen LogP contribution in [0, 0.1) is 6.92 Å². The Morgan fingerprint density at radius 2 is 1.02 bits per heavy atom. The van der Waals surface area contributed by atoms with E-state index in [1.807, 2.05) is 0 Å². The van der Waals surface area contributed by atoms with Gasteiger partial charge in [-0.05, 0) is 158 Å². The van der Waals surface area contributed by atoms with Crippen molar-refractivity contribution in [2.75, 3.05) is 9.80 Å². The molecule has 0 fully saturated rings. The monoisotopic (exact) mass is 820 g/mol. The first-order valence-electron chi connectivity index (χ1n) is 23.3. The van der Waals surface area contributed by atoms with Crippen LogP contribution in [0.1, 0.15) is 109 Å². The summed E-state index contributed by atoms with van der Waals surface area (Å²) < 4.78 is 7.63. The van der Waals surface area contributed by atoms with E-state index in [1.54, 1.807) is 0 Å². The number of anilines is 6. The Bertz CT molecular complexity index is 3210. The van der Waals surface area contributed by atoms with Crippen LogP contribution in [0.4, 0.5) is 34.1 Å². The summed E-state index contributed by atoms with van der Waals surface area (Å²) in [6.07, 6.45) is 4.63. The second kappa shape index (κ2) is 13.0. The molecule has 312 valence electrons. The Kier molecular flexibility index (Phi) is 8.00. The van der Waals surface area contributed by atoms with Crippen molar-refractivity contribution in [3.05, 3.63) is 161 Å². The van der Waals surface area contributed by atoms with E-state index >= 15 is 0 Å². The predicted molar refractivity (Wildman–Crippen MR) is 268 cm³/mol. The topological polar surface area (TPSA) is 19.6 Å². The number of nitrogens with zero attached hydrogens (tertiary/aromatic N) is 2. The van der Waals surface area contributed by atoms with E-state index < -0.39 is 0 Å². The van der Waals surface area contributed by atoms with Crippen LogP contribution in [0.5, 0.6) is 0 Å². The van der Waals surface area contributed by atoms with Gasteiger partial charge in [0.15, 0.2) is 0 Å². The average molecular weight is 821 g/mol. The number of furan rings is 1. The first kappa shape index (κ1) is 38.7. The number of rotatable bonds is 3. The minimum atomic E-state index is -0.108. The van der Waals surface area contributed by atoms with Crippen LogP contribution in [0.3, 0.4) is 0 Å². The Morgan fingerprint density at radius 3 is 1.67 bits per heavy atom. The molecule has 2 aliphatic carbocycles. The quantitative estimate of drug-likeness (QED) is 0.166. The fourth-order valence-electron chi connectivity index (χ4n) is 12.2. The molecule has 12 rings (SSSR count). The summed E-state index contributed by atoms with van der Waals surface area (Å²) in [6.45, 7) is 21.7. The van der Waals surface area contributed by atoms with Crippen molar-refractivity contribution < 1.29 is 4.42 Å². The highest BCUT2D eigenvalue weighted by Crippen LogP contribution is 2.54. The van der Waals surface area contributed by atoms with Crippen molar-refractivity contribution in [2.24, 2.45) is 0 Å². The molecule has 4 aliphatic rings. The lowest BCUT2D eigenvalue weighted by atomic mass is 9.35. The van der Waals surface area contributed by atoms with Crippen LogP contribution in [0.15, 0.2) is 138 Å². The third-order valence-corrected chi connectivity index (χ3v) is 16.0. The van der Waals surface area contributed by atoms with Gasteiger partial charge >= 0.3 is 0 Å². The summed E-state index contributed by atoms with van der Waals surface area (Å²) in [5, 5.41) is 3.67. The Morgan fingerprint density at radius 1 is 0.476 bits per heavy atom. The molecule has 7 aromatic carbocycles. The number of hydrogen-bond acceptors (Lipinski definition) is 3. The minimum Gasteiger partial charge on any atom is -0.468 e. The van der Waals surface area contributed by atoms with E-state index in [-0.39, 0.29) is 28.4 Å². The van der Waals surface area contributed by atoms with Crippen LogP contribution in [0.25, 0.3) is 32.9 Å². The van der Waals surface area contributed by atoms with Crippen LogP contribution < -0.4 is 26.4 Å². The molecular formula is C59H57BN2O. The zero-order valence-corrected chi connectivity index (χ0v) is 38.4. The van der Waals surface area contributed by atoms with Gasteiger partial charge in [-0.2, -0.15) is 0 Å². The molecule has 0 amide bonds. The van der Waals surface area contributed by atoms with Gasteiger partial charge in [0.1, 0.15) is 5.58 Å². The van der Waals surface area contributed by atoms with Gasteiger partial charge in [-0.1, -0.05) is 140 Å². The van der Waals surface area contributed by atoms with Crippen molar-refractivity contribution in [3.63, 3.8) is 0 Å². The summed E-state index contributed by atoms with van der Waals surface area (Å²) in [5.41, 5.74) is 21.6. The summed E-state index contributed by atoms with van der Waals surface area (Å²) in [4.78, 5) is 5.18. The number of aryl methyl sites for hydroxylation is 1.